The third-order valence-electron chi connectivity index (χ3n) is 6.71. The molecule has 5 rings (SSSR count). The monoisotopic (exact) mass is 557 g/mol. The number of nitrogens with zero attached hydrogens (tertiary/aromatic N) is 3. The quantitative estimate of drug-likeness (QED) is 0.268. The number of fused-ring (bicyclic) bond motifs is 1. The van der Waals surface area contributed by atoms with Crippen molar-refractivity contribution in [2.75, 3.05) is 41.0 Å². The van der Waals surface area contributed by atoms with E-state index in [0.29, 0.717) is 43.4 Å². The zero-order chi connectivity index (χ0) is 26.7. The first kappa shape index (κ1) is 26.5. The Labute approximate surface area is 226 Å². The summed E-state index contributed by atoms with van der Waals surface area (Å²) in [5.41, 5.74) is 2.57. The molecule has 0 N–H and O–H groups in total. The molecule has 1 atom stereocenters. The maximum absolute atomic E-state index is 13.7. The number of rotatable bonds is 11. The minimum Gasteiger partial charge on any atom is -0.497 e. The molecule has 0 bridgehead atoms. The molecule has 38 heavy (non-hydrogen) atoms. The van der Waals surface area contributed by atoms with E-state index in [-0.39, 0.29) is 11.0 Å². The predicted molar refractivity (Wildman–Crippen MR) is 146 cm³/mol. The molecular weight excluding hydrogens is 526 g/mol. The average molecular weight is 558 g/mol. The molecule has 2 aromatic heterocycles. The van der Waals surface area contributed by atoms with Gasteiger partial charge in [0.15, 0.2) is 4.96 Å². The average Bonchev–Trinajstić information content (AvgIpc) is 3.69. The Balaban J connectivity index is 1.41. The van der Waals surface area contributed by atoms with E-state index in [2.05, 4.69) is 0 Å². The molecule has 1 aliphatic heterocycles. The minimum atomic E-state index is -3.73. The highest BCUT2D eigenvalue weighted by molar-refractivity contribution is 7.89. The fourth-order valence-corrected chi connectivity index (χ4v) is 6.99. The second-order valence-corrected chi connectivity index (χ2v) is 11.8. The zero-order valence-corrected chi connectivity index (χ0v) is 23.3. The smallest absolute Gasteiger partial charge is 0.243 e. The molecule has 0 amide bonds. The van der Waals surface area contributed by atoms with Gasteiger partial charge in [-0.15, -0.1) is 11.3 Å². The fraction of sp³-hybridized carbons (Fsp3) is 0.370. The summed E-state index contributed by atoms with van der Waals surface area (Å²) in [7, 11) is 1.08. The Morgan fingerprint density at radius 1 is 1.08 bits per heavy atom. The van der Waals surface area contributed by atoms with Gasteiger partial charge in [-0.2, -0.15) is 4.31 Å². The van der Waals surface area contributed by atoms with Gasteiger partial charge < -0.3 is 18.9 Å². The van der Waals surface area contributed by atoms with E-state index in [1.165, 1.54) is 15.6 Å². The van der Waals surface area contributed by atoms with E-state index in [1.54, 1.807) is 45.6 Å². The third-order valence-corrected chi connectivity index (χ3v) is 9.48. The van der Waals surface area contributed by atoms with Crippen molar-refractivity contribution in [3.8, 4) is 28.5 Å². The molecule has 9 nitrogen and oxygen atoms in total. The van der Waals surface area contributed by atoms with Gasteiger partial charge in [0.05, 0.1) is 38.0 Å². The van der Waals surface area contributed by atoms with Crippen LogP contribution in [0.2, 0.25) is 0 Å². The summed E-state index contributed by atoms with van der Waals surface area (Å²) in [6, 6.07) is 12.1. The third kappa shape index (κ3) is 5.37. The van der Waals surface area contributed by atoms with E-state index in [1.807, 2.05) is 34.2 Å². The van der Waals surface area contributed by atoms with Crippen LogP contribution in [-0.4, -0.2) is 69.2 Å². The van der Waals surface area contributed by atoms with Crippen molar-refractivity contribution in [1.29, 1.82) is 0 Å². The van der Waals surface area contributed by atoms with Gasteiger partial charge in [0.25, 0.3) is 0 Å². The fourth-order valence-electron chi connectivity index (χ4n) is 4.61. The van der Waals surface area contributed by atoms with Crippen LogP contribution in [0, 0.1) is 0 Å². The summed E-state index contributed by atoms with van der Waals surface area (Å²) in [6.07, 6.45) is 4.17. The van der Waals surface area contributed by atoms with Gasteiger partial charge in [-0.25, -0.2) is 13.4 Å². The Kier molecular flexibility index (Phi) is 7.89. The van der Waals surface area contributed by atoms with Gasteiger partial charge >= 0.3 is 0 Å². The maximum Gasteiger partial charge on any atom is 0.243 e. The molecular formula is C27H31N3O6S2. The summed E-state index contributed by atoms with van der Waals surface area (Å²) < 4.78 is 52.8. The van der Waals surface area contributed by atoms with Crippen molar-refractivity contribution < 1.29 is 27.4 Å². The summed E-state index contributed by atoms with van der Waals surface area (Å²) in [5.74, 6) is 2.02. The minimum absolute atomic E-state index is 0.106. The van der Waals surface area contributed by atoms with Crippen LogP contribution in [0.5, 0.6) is 17.2 Å². The van der Waals surface area contributed by atoms with Gasteiger partial charge in [-0.05, 0) is 55.3 Å². The van der Waals surface area contributed by atoms with E-state index < -0.39 is 10.0 Å². The molecule has 0 spiro atoms. The highest BCUT2D eigenvalue weighted by Gasteiger charge is 2.29. The molecule has 11 heteroatoms. The number of ether oxygens (including phenoxy) is 4. The topological polar surface area (TPSA) is 91.6 Å². The largest absolute Gasteiger partial charge is 0.497 e. The summed E-state index contributed by atoms with van der Waals surface area (Å²) in [5, 5.41) is 2.03. The molecule has 4 aromatic rings. The normalized spacial score (nSPS) is 15.8. The second-order valence-electron chi connectivity index (χ2n) is 9.00. The number of benzene rings is 2. The van der Waals surface area contributed by atoms with Crippen LogP contribution in [0.25, 0.3) is 16.2 Å². The van der Waals surface area contributed by atoms with Gasteiger partial charge in [-0.3, -0.25) is 4.40 Å². The number of imidazole rings is 1. The van der Waals surface area contributed by atoms with Gasteiger partial charge in [0.1, 0.15) is 17.2 Å². The van der Waals surface area contributed by atoms with Crippen molar-refractivity contribution in [1.82, 2.24) is 13.7 Å². The lowest BCUT2D eigenvalue weighted by atomic mass is 10.1. The van der Waals surface area contributed by atoms with Gasteiger partial charge in [0, 0.05) is 49.0 Å². The molecule has 0 radical (unpaired) electrons. The number of hydrogen-bond donors (Lipinski definition) is 0. The van der Waals surface area contributed by atoms with Crippen LogP contribution in [0.3, 0.4) is 0 Å². The Morgan fingerprint density at radius 3 is 2.53 bits per heavy atom. The van der Waals surface area contributed by atoms with Crippen molar-refractivity contribution in [2.24, 2.45) is 0 Å². The van der Waals surface area contributed by atoms with Crippen LogP contribution < -0.4 is 14.2 Å². The highest BCUT2D eigenvalue weighted by Crippen LogP contribution is 2.34. The van der Waals surface area contributed by atoms with Crippen molar-refractivity contribution >= 4 is 26.3 Å². The predicted octanol–water partition coefficient (Wildman–Crippen LogP) is 4.50. The Bertz CT molecular complexity index is 1490. The zero-order valence-electron chi connectivity index (χ0n) is 21.6. The molecule has 2 aromatic carbocycles. The SMILES string of the molecule is COc1ccc(S(=O)(=O)N(CCc2csc3nc(-c4cc(OC)ccc4OC)cn23)CC2CCCO2)cc1. The summed E-state index contributed by atoms with van der Waals surface area (Å²) >= 11 is 1.52. The summed E-state index contributed by atoms with van der Waals surface area (Å²) in [6.45, 7) is 1.30. The van der Waals surface area contributed by atoms with Crippen LogP contribution >= 0.6 is 11.3 Å². The second kappa shape index (κ2) is 11.3. The molecule has 0 aliphatic carbocycles. The number of hydrogen-bond acceptors (Lipinski definition) is 8. The van der Waals surface area contributed by atoms with E-state index >= 15 is 0 Å². The number of methoxy groups -OCH3 is 3. The number of aromatic nitrogens is 2. The van der Waals surface area contributed by atoms with Crippen molar-refractivity contribution in [3.63, 3.8) is 0 Å². The van der Waals surface area contributed by atoms with Crippen LogP contribution in [0.15, 0.2) is 58.9 Å². The molecule has 1 unspecified atom stereocenters. The van der Waals surface area contributed by atoms with E-state index in [9.17, 15) is 8.42 Å². The van der Waals surface area contributed by atoms with Crippen molar-refractivity contribution in [2.45, 2.75) is 30.3 Å². The standard InChI is InChI=1S/C27H31N3O6S2/c1-33-20-6-9-23(10-7-20)38(31,32)29(16-22-5-4-14-36-22)13-12-19-18-37-27-28-25(17-30(19)27)24-15-21(34-2)8-11-26(24)35-3/h6-11,15,17-18,22H,4-5,12-14,16H2,1-3H3. The van der Waals surface area contributed by atoms with Crippen LogP contribution in [0.1, 0.15) is 18.5 Å². The first-order valence-corrected chi connectivity index (χ1v) is 14.7. The number of sulfonamides is 1. The Morgan fingerprint density at radius 2 is 1.84 bits per heavy atom. The summed E-state index contributed by atoms with van der Waals surface area (Å²) in [4.78, 5) is 5.85. The first-order chi connectivity index (χ1) is 18.4. The maximum atomic E-state index is 13.7. The highest BCUT2D eigenvalue weighted by atomic mass is 32.2. The van der Waals surface area contributed by atoms with Crippen LogP contribution in [-0.2, 0) is 21.2 Å². The van der Waals surface area contributed by atoms with Crippen molar-refractivity contribution in [3.05, 3.63) is 59.7 Å². The molecule has 3 heterocycles. The lowest BCUT2D eigenvalue weighted by Gasteiger charge is -2.25. The molecule has 1 saturated heterocycles. The Hall–Kier alpha value is -3.12. The van der Waals surface area contributed by atoms with E-state index in [4.69, 9.17) is 23.9 Å². The van der Waals surface area contributed by atoms with Gasteiger partial charge in [0.2, 0.25) is 10.0 Å². The van der Waals surface area contributed by atoms with E-state index in [0.717, 1.165) is 34.8 Å². The van der Waals surface area contributed by atoms with Crippen LogP contribution in [0.4, 0.5) is 0 Å². The molecule has 1 aliphatic rings. The first-order valence-electron chi connectivity index (χ1n) is 12.4. The molecule has 0 saturated carbocycles. The van der Waals surface area contributed by atoms with Gasteiger partial charge in [-0.1, -0.05) is 0 Å². The number of thiazole rings is 1. The lowest BCUT2D eigenvalue weighted by molar-refractivity contribution is 0.0939. The molecule has 1 fully saturated rings. The molecule has 202 valence electrons. The lowest BCUT2D eigenvalue weighted by Crippen LogP contribution is -2.38.